The summed E-state index contributed by atoms with van der Waals surface area (Å²) in [5.41, 5.74) is -2.60. The Morgan fingerprint density at radius 3 is 2.21 bits per heavy atom. The molecule has 15 atom stereocenters. The number of aliphatic hydroxyl groups excluding tert-OH is 4. The van der Waals surface area contributed by atoms with Crippen LogP contribution in [0.3, 0.4) is 0 Å². The highest BCUT2D eigenvalue weighted by Crippen LogP contribution is 2.71. The Hall–Kier alpha value is -0.280. The summed E-state index contributed by atoms with van der Waals surface area (Å²) in [5, 5.41) is 54.7. The molecule has 0 aromatic heterocycles. The van der Waals surface area contributed by atoms with Crippen LogP contribution in [0.15, 0.2) is 0 Å². The predicted octanol–water partition coefficient (Wildman–Crippen LogP) is 1.82. The van der Waals surface area contributed by atoms with Crippen LogP contribution >= 0.6 is 0 Å². The Bertz CT molecular complexity index is 828. The third-order valence-corrected chi connectivity index (χ3v) is 12.4. The third-order valence-electron chi connectivity index (χ3n) is 12.4. The molecule has 2 aliphatic heterocycles. The van der Waals surface area contributed by atoms with E-state index < -0.39 is 41.2 Å². The summed E-state index contributed by atoms with van der Waals surface area (Å²) >= 11 is 0. The molecule has 0 aromatic rings. The second-order valence-corrected chi connectivity index (χ2v) is 13.5. The molecule has 4 saturated carbocycles. The van der Waals surface area contributed by atoms with Crippen molar-refractivity contribution in [2.75, 3.05) is 6.61 Å². The molecule has 0 amide bonds. The van der Waals surface area contributed by atoms with E-state index in [0.717, 1.165) is 45.1 Å². The van der Waals surface area contributed by atoms with Crippen molar-refractivity contribution in [1.82, 2.24) is 0 Å². The number of rotatable bonds is 0. The van der Waals surface area contributed by atoms with Crippen LogP contribution in [0.4, 0.5) is 0 Å². The van der Waals surface area contributed by atoms with Gasteiger partial charge in [0.25, 0.3) is 0 Å². The van der Waals surface area contributed by atoms with Gasteiger partial charge in [-0.15, -0.1) is 0 Å². The van der Waals surface area contributed by atoms with Crippen molar-refractivity contribution in [2.24, 2.45) is 46.3 Å². The second kappa shape index (κ2) is 7.40. The fourth-order valence-electron chi connectivity index (χ4n) is 10.4. The summed E-state index contributed by atoms with van der Waals surface area (Å²) in [4.78, 5) is 0. The first kappa shape index (κ1) is 24.1. The molecule has 7 nitrogen and oxygen atoms in total. The van der Waals surface area contributed by atoms with Gasteiger partial charge in [-0.3, -0.25) is 0 Å². The highest BCUT2D eigenvalue weighted by molar-refractivity contribution is 5.22. The van der Waals surface area contributed by atoms with E-state index in [0.29, 0.717) is 30.1 Å². The summed E-state index contributed by atoms with van der Waals surface area (Å²) < 4.78 is 13.2. The molecular formula is C27H44O7. The van der Waals surface area contributed by atoms with E-state index in [-0.39, 0.29) is 23.4 Å². The molecule has 0 aromatic carbocycles. The third kappa shape index (κ3) is 2.68. The first-order valence-electron chi connectivity index (χ1n) is 13.7. The lowest BCUT2D eigenvalue weighted by Crippen LogP contribution is -2.77. The summed E-state index contributed by atoms with van der Waals surface area (Å²) in [6.07, 6.45) is 0.310. The van der Waals surface area contributed by atoms with Gasteiger partial charge in [-0.05, 0) is 73.5 Å². The topological polar surface area (TPSA) is 120 Å². The fraction of sp³-hybridized carbons (Fsp3) is 1.00. The van der Waals surface area contributed by atoms with Gasteiger partial charge in [0.2, 0.25) is 0 Å². The van der Waals surface area contributed by atoms with Crippen molar-refractivity contribution < 1.29 is 35.0 Å². The quantitative estimate of drug-likeness (QED) is 0.359. The minimum Gasteiger partial charge on any atom is -0.390 e. The van der Waals surface area contributed by atoms with E-state index in [1.165, 1.54) is 0 Å². The lowest BCUT2D eigenvalue weighted by molar-refractivity contribution is -0.325. The van der Waals surface area contributed by atoms with Crippen LogP contribution in [0.5, 0.6) is 0 Å². The molecule has 6 rings (SSSR count). The lowest BCUT2D eigenvalue weighted by Gasteiger charge is -2.67. The number of hydrogen-bond acceptors (Lipinski definition) is 7. The largest absolute Gasteiger partial charge is 0.390 e. The molecule has 5 N–H and O–H groups in total. The van der Waals surface area contributed by atoms with Crippen molar-refractivity contribution in [1.29, 1.82) is 0 Å². The van der Waals surface area contributed by atoms with Crippen molar-refractivity contribution in [3.05, 3.63) is 0 Å². The Morgan fingerprint density at radius 1 is 0.824 bits per heavy atom. The molecule has 0 bridgehead atoms. The lowest BCUT2D eigenvalue weighted by atomic mass is 9.41. The Balaban J connectivity index is 1.31. The van der Waals surface area contributed by atoms with Crippen LogP contribution in [0.25, 0.3) is 0 Å². The molecule has 194 valence electrons. The normalized spacial score (nSPS) is 65.4. The van der Waals surface area contributed by atoms with Gasteiger partial charge in [0, 0.05) is 17.8 Å². The van der Waals surface area contributed by atoms with Crippen LogP contribution in [0.1, 0.15) is 72.6 Å². The first-order valence-corrected chi connectivity index (χ1v) is 13.7. The Morgan fingerprint density at radius 2 is 1.53 bits per heavy atom. The molecule has 7 heteroatoms. The molecule has 1 spiro atoms. The molecule has 0 radical (unpaired) electrons. The molecule has 2 saturated heterocycles. The molecular weight excluding hydrogens is 436 g/mol. The summed E-state index contributed by atoms with van der Waals surface area (Å²) in [6.45, 7) is 9.58. The van der Waals surface area contributed by atoms with E-state index in [1.807, 2.05) is 6.92 Å². The van der Waals surface area contributed by atoms with Gasteiger partial charge in [-0.25, -0.2) is 0 Å². The predicted molar refractivity (Wildman–Crippen MR) is 123 cm³/mol. The highest BCUT2D eigenvalue weighted by atomic mass is 16.7. The fourth-order valence-corrected chi connectivity index (χ4v) is 10.4. The van der Waals surface area contributed by atoms with Gasteiger partial charge in [-0.2, -0.15) is 0 Å². The maximum absolute atomic E-state index is 11.7. The van der Waals surface area contributed by atoms with Crippen LogP contribution in [0, 0.1) is 46.3 Å². The zero-order chi connectivity index (χ0) is 24.4. The van der Waals surface area contributed by atoms with Gasteiger partial charge < -0.3 is 35.0 Å². The number of hydrogen-bond donors (Lipinski definition) is 5. The maximum atomic E-state index is 11.7. The van der Waals surface area contributed by atoms with E-state index in [9.17, 15) is 25.5 Å². The second-order valence-electron chi connectivity index (χ2n) is 13.5. The van der Waals surface area contributed by atoms with E-state index >= 15 is 0 Å². The van der Waals surface area contributed by atoms with E-state index in [2.05, 4.69) is 20.8 Å². The van der Waals surface area contributed by atoms with Crippen LogP contribution < -0.4 is 0 Å². The van der Waals surface area contributed by atoms with Crippen LogP contribution in [-0.2, 0) is 9.47 Å². The summed E-state index contributed by atoms with van der Waals surface area (Å²) in [6, 6.07) is 0. The van der Waals surface area contributed by atoms with E-state index in [4.69, 9.17) is 9.47 Å². The molecule has 4 aliphatic carbocycles. The molecule has 6 aliphatic rings. The van der Waals surface area contributed by atoms with Gasteiger partial charge >= 0.3 is 0 Å². The maximum Gasteiger partial charge on any atom is 0.171 e. The monoisotopic (exact) mass is 480 g/mol. The Labute approximate surface area is 202 Å². The number of fused-ring (bicyclic) bond motifs is 7. The average Bonchev–Trinajstić information content (AvgIpc) is 3.25. The number of ether oxygens (including phenoxy) is 2. The van der Waals surface area contributed by atoms with Crippen molar-refractivity contribution in [3.8, 4) is 0 Å². The first-order chi connectivity index (χ1) is 15.9. The minimum absolute atomic E-state index is 0.0361. The van der Waals surface area contributed by atoms with Gasteiger partial charge in [-0.1, -0.05) is 27.7 Å². The zero-order valence-electron chi connectivity index (χ0n) is 21.1. The average molecular weight is 481 g/mol. The minimum atomic E-state index is -1.62. The van der Waals surface area contributed by atoms with Gasteiger partial charge in [0.05, 0.1) is 18.8 Å². The molecule has 34 heavy (non-hydrogen) atoms. The van der Waals surface area contributed by atoms with Crippen molar-refractivity contribution >= 4 is 0 Å². The van der Waals surface area contributed by atoms with Gasteiger partial charge in [0.1, 0.15) is 23.9 Å². The molecule has 0 unspecified atom stereocenters. The molecule has 6 fully saturated rings. The van der Waals surface area contributed by atoms with Gasteiger partial charge in [0.15, 0.2) is 5.79 Å². The van der Waals surface area contributed by atoms with Crippen LogP contribution in [-0.4, -0.2) is 74.0 Å². The van der Waals surface area contributed by atoms with Crippen molar-refractivity contribution in [3.63, 3.8) is 0 Å². The Kier molecular flexibility index (Phi) is 5.24. The summed E-state index contributed by atoms with van der Waals surface area (Å²) in [5.74, 6) is 1.52. The molecule has 2 heterocycles. The number of aliphatic hydroxyl groups is 5. The van der Waals surface area contributed by atoms with Crippen molar-refractivity contribution in [2.45, 2.75) is 115 Å². The van der Waals surface area contributed by atoms with E-state index in [1.54, 1.807) is 0 Å². The zero-order valence-corrected chi connectivity index (χ0v) is 21.1. The smallest absolute Gasteiger partial charge is 0.171 e. The van der Waals surface area contributed by atoms with Crippen LogP contribution in [0.2, 0.25) is 0 Å². The summed E-state index contributed by atoms with van der Waals surface area (Å²) in [7, 11) is 0. The standard InChI is InChI=1S/C27H44O7/c1-13-5-10-27(33-12-13)14(2)19-18(34-27)11-17-15-6-9-26(32)23(31)21(29)20(28)22(30)25(26,4)16(15)7-8-24(17,19)3/h13-23,28-32H,5-12H2,1-4H3/t13-,14+,15-,16+,17+,18+,19+,20-,21+,22-,23+,24+,25+,26+,27-/m1/s1. The SMILES string of the molecule is C[C@@H]1CC[C@@]2(OC1)O[C@H]1C[C@H]3[C@@H]4CC[C@]5(O)[C@@H](O)[C@@H](O)[C@@H](O)[C@@H](O)[C@]5(C)[C@H]4CC[C@]3(C)[C@H]1[C@@H]2C. The highest BCUT2D eigenvalue weighted by Gasteiger charge is 2.74.